The normalized spacial score (nSPS) is 19.6. The third kappa shape index (κ3) is 3.36. The van der Waals surface area contributed by atoms with Gasteiger partial charge in [-0.3, -0.25) is 14.5 Å². The van der Waals surface area contributed by atoms with Crippen molar-refractivity contribution in [2.75, 3.05) is 13.1 Å². The fourth-order valence-electron chi connectivity index (χ4n) is 2.61. The summed E-state index contributed by atoms with van der Waals surface area (Å²) in [5, 5.41) is 11.7. The number of nitrogens with zero attached hydrogens (tertiary/aromatic N) is 1. The summed E-state index contributed by atoms with van der Waals surface area (Å²) in [6.07, 6.45) is 0.778. The van der Waals surface area contributed by atoms with Crippen LogP contribution in [0.2, 0.25) is 0 Å². The van der Waals surface area contributed by atoms with Gasteiger partial charge >= 0.3 is 5.97 Å². The van der Waals surface area contributed by atoms with Crippen molar-refractivity contribution >= 4 is 11.9 Å². The van der Waals surface area contributed by atoms with Crippen LogP contribution in [0.5, 0.6) is 0 Å². The van der Waals surface area contributed by atoms with Gasteiger partial charge in [-0.15, -0.1) is 0 Å². The van der Waals surface area contributed by atoms with Gasteiger partial charge in [-0.1, -0.05) is 31.2 Å². The zero-order valence-corrected chi connectivity index (χ0v) is 11.6. The molecule has 0 radical (unpaired) electrons. The molecule has 1 unspecified atom stereocenters. The van der Waals surface area contributed by atoms with Crippen LogP contribution in [0.3, 0.4) is 0 Å². The molecular weight excluding hydrogens is 256 g/mol. The van der Waals surface area contributed by atoms with Gasteiger partial charge < -0.3 is 10.4 Å². The Labute approximate surface area is 118 Å². The highest BCUT2D eigenvalue weighted by Crippen LogP contribution is 2.17. The quantitative estimate of drug-likeness (QED) is 0.842. The van der Waals surface area contributed by atoms with Gasteiger partial charge in [0.2, 0.25) is 5.91 Å². The largest absolute Gasteiger partial charge is 0.481 e. The van der Waals surface area contributed by atoms with Gasteiger partial charge in [0.1, 0.15) is 6.04 Å². The predicted molar refractivity (Wildman–Crippen MR) is 75.3 cm³/mol. The van der Waals surface area contributed by atoms with E-state index in [1.165, 1.54) is 11.1 Å². The van der Waals surface area contributed by atoms with E-state index >= 15 is 0 Å². The highest BCUT2D eigenvalue weighted by atomic mass is 16.4. The zero-order valence-electron chi connectivity index (χ0n) is 11.6. The molecule has 1 aliphatic rings. The van der Waals surface area contributed by atoms with Crippen LogP contribution in [0.4, 0.5) is 0 Å². The third-order valence-corrected chi connectivity index (χ3v) is 3.68. The molecule has 20 heavy (non-hydrogen) atoms. The summed E-state index contributed by atoms with van der Waals surface area (Å²) >= 11 is 0. The molecule has 1 heterocycles. The number of benzene rings is 1. The topological polar surface area (TPSA) is 69.6 Å². The number of piperazine rings is 1. The van der Waals surface area contributed by atoms with E-state index in [9.17, 15) is 9.59 Å². The van der Waals surface area contributed by atoms with Crippen LogP contribution in [0, 0.1) is 0 Å². The first-order chi connectivity index (χ1) is 9.61. The number of amides is 1. The maximum atomic E-state index is 11.9. The van der Waals surface area contributed by atoms with Crippen molar-refractivity contribution in [2.45, 2.75) is 32.4 Å². The van der Waals surface area contributed by atoms with E-state index in [4.69, 9.17) is 5.11 Å². The average Bonchev–Trinajstić information content (AvgIpc) is 2.43. The van der Waals surface area contributed by atoms with Gasteiger partial charge in [0.15, 0.2) is 0 Å². The van der Waals surface area contributed by atoms with Crippen molar-refractivity contribution in [3.63, 3.8) is 0 Å². The van der Waals surface area contributed by atoms with Gasteiger partial charge in [-0.25, -0.2) is 0 Å². The molecule has 2 rings (SSSR count). The second-order valence-corrected chi connectivity index (χ2v) is 5.00. The molecule has 0 saturated carbocycles. The van der Waals surface area contributed by atoms with Crippen molar-refractivity contribution in [3.05, 3.63) is 35.4 Å². The minimum Gasteiger partial charge on any atom is -0.481 e. The molecular formula is C15H20N2O3. The van der Waals surface area contributed by atoms with Crippen LogP contribution in [-0.4, -0.2) is 41.0 Å². The Hall–Kier alpha value is -1.88. The number of rotatable bonds is 5. The number of carboxylic acids is 1. The van der Waals surface area contributed by atoms with E-state index in [0.717, 1.165) is 6.42 Å². The Morgan fingerprint density at radius 2 is 2.10 bits per heavy atom. The van der Waals surface area contributed by atoms with Crippen LogP contribution in [-0.2, 0) is 22.6 Å². The lowest BCUT2D eigenvalue weighted by atomic mass is 10.0. The van der Waals surface area contributed by atoms with Crippen molar-refractivity contribution in [3.8, 4) is 0 Å². The molecule has 2 N–H and O–H groups in total. The molecule has 1 aliphatic heterocycles. The Morgan fingerprint density at radius 1 is 1.40 bits per heavy atom. The number of aryl methyl sites for hydroxylation is 1. The Balaban J connectivity index is 2.16. The van der Waals surface area contributed by atoms with Gasteiger partial charge in [0.05, 0.1) is 6.42 Å². The zero-order chi connectivity index (χ0) is 14.5. The highest BCUT2D eigenvalue weighted by Gasteiger charge is 2.31. The lowest BCUT2D eigenvalue weighted by Crippen LogP contribution is -2.55. The van der Waals surface area contributed by atoms with Gasteiger partial charge in [-0.05, 0) is 17.5 Å². The Morgan fingerprint density at radius 3 is 2.75 bits per heavy atom. The van der Waals surface area contributed by atoms with Crippen molar-refractivity contribution in [2.24, 2.45) is 0 Å². The molecule has 0 aliphatic carbocycles. The summed E-state index contributed by atoms with van der Waals surface area (Å²) < 4.78 is 0. The summed E-state index contributed by atoms with van der Waals surface area (Å²) in [6.45, 7) is 3.97. The second-order valence-electron chi connectivity index (χ2n) is 5.00. The summed E-state index contributed by atoms with van der Waals surface area (Å²) in [4.78, 5) is 24.8. The van der Waals surface area contributed by atoms with Crippen LogP contribution in [0.15, 0.2) is 24.3 Å². The molecule has 0 spiro atoms. The van der Waals surface area contributed by atoms with Crippen molar-refractivity contribution in [1.29, 1.82) is 0 Å². The number of aliphatic carboxylic acids is 1. The predicted octanol–water partition coefficient (Wildman–Crippen LogP) is 1.02. The third-order valence-electron chi connectivity index (χ3n) is 3.68. The number of carbonyl (C=O) groups excluding carboxylic acids is 1. The molecule has 5 heteroatoms. The number of carboxylic acid groups (broad SMARTS) is 1. The molecule has 1 atom stereocenters. The molecule has 0 aromatic heterocycles. The minimum atomic E-state index is -0.944. The summed E-state index contributed by atoms with van der Waals surface area (Å²) in [5.74, 6) is -1.13. The van der Waals surface area contributed by atoms with E-state index in [1.807, 2.05) is 23.1 Å². The monoisotopic (exact) mass is 276 g/mol. The number of hydrogen-bond donors (Lipinski definition) is 2. The summed E-state index contributed by atoms with van der Waals surface area (Å²) in [5.41, 5.74) is 2.41. The molecule has 1 aromatic carbocycles. The lowest BCUT2D eigenvalue weighted by molar-refractivity contribution is -0.143. The molecule has 108 valence electrons. The molecule has 5 nitrogen and oxygen atoms in total. The van der Waals surface area contributed by atoms with Crippen LogP contribution in [0.1, 0.15) is 24.5 Å². The number of nitrogens with one attached hydrogen (secondary N) is 1. The molecule has 1 saturated heterocycles. The smallest absolute Gasteiger partial charge is 0.305 e. The molecule has 1 fully saturated rings. The minimum absolute atomic E-state index is 0.153. The molecule has 1 amide bonds. The Bertz CT molecular complexity index is 502. The maximum absolute atomic E-state index is 11.9. The second kappa shape index (κ2) is 6.52. The fourth-order valence-corrected chi connectivity index (χ4v) is 2.61. The van der Waals surface area contributed by atoms with Gasteiger partial charge in [0, 0.05) is 19.6 Å². The molecule has 0 bridgehead atoms. The number of hydrogen-bond acceptors (Lipinski definition) is 3. The first-order valence-corrected chi connectivity index (χ1v) is 6.92. The van der Waals surface area contributed by atoms with Gasteiger partial charge in [0.25, 0.3) is 0 Å². The van der Waals surface area contributed by atoms with E-state index in [1.54, 1.807) is 0 Å². The average molecular weight is 276 g/mol. The first-order valence-electron chi connectivity index (χ1n) is 6.92. The lowest BCUT2D eigenvalue weighted by Gasteiger charge is -2.34. The van der Waals surface area contributed by atoms with Crippen molar-refractivity contribution in [1.82, 2.24) is 10.2 Å². The van der Waals surface area contributed by atoms with Gasteiger partial charge in [-0.2, -0.15) is 0 Å². The van der Waals surface area contributed by atoms with Crippen LogP contribution < -0.4 is 5.32 Å². The summed E-state index contributed by atoms with van der Waals surface area (Å²) in [6, 6.07) is 7.52. The highest BCUT2D eigenvalue weighted by molar-refractivity contribution is 5.86. The van der Waals surface area contributed by atoms with E-state index in [2.05, 4.69) is 18.3 Å². The summed E-state index contributed by atoms with van der Waals surface area (Å²) in [7, 11) is 0. The van der Waals surface area contributed by atoms with E-state index in [0.29, 0.717) is 19.6 Å². The van der Waals surface area contributed by atoms with Crippen LogP contribution >= 0.6 is 0 Å². The Kier molecular flexibility index (Phi) is 4.74. The van der Waals surface area contributed by atoms with E-state index in [-0.39, 0.29) is 12.3 Å². The number of carbonyl (C=O) groups is 2. The maximum Gasteiger partial charge on any atom is 0.305 e. The fraction of sp³-hybridized carbons (Fsp3) is 0.467. The SMILES string of the molecule is CCc1ccccc1CN1CCNC(=O)C1CC(=O)O. The van der Waals surface area contributed by atoms with Crippen LogP contribution in [0.25, 0.3) is 0 Å². The van der Waals surface area contributed by atoms with E-state index < -0.39 is 12.0 Å². The molecule has 1 aromatic rings. The van der Waals surface area contributed by atoms with Crippen molar-refractivity contribution < 1.29 is 14.7 Å². The first kappa shape index (κ1) is 14.5. The standard InChI is InChI=1S/C15H20N2O3/c1-2-11-5-3-4-6-12(11)10-17-8-7-16-15(20)13(17)9-14(18)19/h3-6,13H,2,7-10H2,1H3,(H,16,20)(H,18,19).